The molecule has 0 spiro atoms. The monoisotopic (exact) mass is 429 g/mol. The molecule has 0 radical (unpaired) electrons. The van der Waals surface area contributed by atoms with Crippen molar-refractivity contribution < 1.29 is 4.79 Å². The fourth-order valence-electron chi connectivity index (χ4n) is 3.55. The third kappa shape index (κ3) is 3.75. The van der Waals surface area contributed by atoms with E-state index in [0.717, 1.165) is 37.7 Å². The molecular weight excluding hydrogens is 410 g/mol. The molecule has 0 fully saturated rings. The Bertz CT molecular complexity index is 1370. The number of hydrogen-bond donors (Lipinski definition) is 1. The number of carbonyl (C=O) groups excluding carboxylic acids is 1. The summed E-state index contributed by atoms with van der Waals surface area (Å²) < 4.78 is 2.83. The molecule has 154 valence electrons. The smallest absolute Gasteiger partial charge is 0.252 e. The van der Waals surface area contributed by atoms with Gasteiger partial charge in [-0.25, -0.2) is 19.5 Å². The Morgan fingerprint density at radius 1 is 1.10 bits per heavy atom. The van der Waals surface area contributed by atoms with Crippen molar-refractivity contribution in [2.75, 3.05) is 5.32 Å². The molecule has 5 aromatic rings. The molecule has 0 saturated heterocycles. The zero-order chi connectivity index (χ0) is 21.4. The Hall–Kier alpha value is -3.72. The molecule has 0 bridgehead atoms. The average Bonchev–Trinajstić information content (AvgIpc) is 3.41. The van der Waals surface area contributed by atoms with E-state index in [0.29, 0.717) is 24.4 Å². The van der Waals surface area contributed by atoms with Crippen LogP contribution in [0.5, 0.6) is 0 Å². The van der Waals surface area contributed by atoms with Crippen LogP contribution in [-0.4, -0.2) is 35.5 Å². The molecule has 9 heteroatoms. The summed E-state index contributed by atoms with van der Waals surface area (Å²) in [7, 11) is 0. The lowest BCUT2D eigenvalue weighted by atomic mass is 10.1. The minimum Gasteiger partial charge on any atom is -0.311 e. The molecule has 0 aliphatic carbocycles. The second kappa shape index (κ2) is 7.84. The van der Waals surface area contributed by atoms with Gasteiger partial charge in [0.2, 0.25) is 5.91 Å². The summed E-state index contributed by atoms with van der Waals surface area (Å²) in [5.74, 6) is 0.992. The topological polar surface area (TPSA) is 98.0 Å². The van der Waals surface area contributed by atoms with Crippen molar-refractivity contribution in [1.82, 2.24) is 29.5 Å². The van der Waals surface area contributed by atoms with Gasteiger partial charge in [0.25, 0.3) is 5.78 Å². The maximum Gasteiger partial charge on any atom is 0.252 e. The fraction of sp³-hybridized carbons (Fsp3) is 0.182. The summed E-state index contributed by atoms with van der Waals surface area (Å²) in [6.07, 6.45) is 4.11. The fourth-order valence-corrected chi connectivity index (χ4v) is 4.51. The lowest BCUT2D eigenvalue weighted by molar-refractivity contribution is -0.116. The second-order valence-electron chi connectivity index (χ2n) is 7.20. The van der Waals surface area contributed by atoms with Crippen molar-refractivity contribution in [3.05, 3.63) is 65.9 Å². The summed E-state index contributed by atoms with van der Waals surface area (Å²) in [6.45, 7) is 3.89. The van der Waals surface area contributed by atoms with E-state index in [-0.39, 0.29) is 5.91 Å². The Kier molecular flexibility index (Phi) is 4.87. The SMILES string of the molecule is Cc1nc2ncnn2c(C)c1CCC(=O)Nc1ccc(-c2nc3ccccc3s2)cn1. The van der Waals surface area contributed by atoms with Gasteiger partial charge in [-0.05, 0) is 50.1 Å². The highest BCUT2D eigenvalue weighted by Gasteiger charge is 2.13. The Labute approximate surface area is 182 Å². The third-order valence-electron chi connectivity index (χ3n) is 5.16. The van der Waals surface area contributed by atoms with E-state index in [1.54, 1.807) is 28.1 Å². The number of fused-ring (bicyclic) bond motifs is 2. The molecule has 1 aromatic carbocycles. The predicted octanol–water partition coefficient (Wildman–Crippen LogP) is 3.98. The number of carbonyl (C=O) groups is 1. The number of rotatable bonds is 5. The van der Waals surface area contributed by atoms with Gasteiger partial charge in [-0.1, -0.05) is 12.1 Å². The first-order valence-electron chi connectivity index (χ1n) is 9.86. The van der Waals surface area contributed by atoms with Gasteiger partial charge >= 0.3 is 0 Å². The Morgan fingerprint density at radius 3 is 2.77 bits per heavy atom. The van der Waals surface area contributed by atoms with Gasteiger partial charge in [-0.2, -0.15) is 10.1 Å². The van der Waals surface area contributed by atoms with Gasteiger partial charge in [-0.15, -0.1) is 11.3 Å². The van der Waals surface area contributed by atoms with Crippen LogP contribution in [0.25, 0.3) is 26.6 Å². The van der Waals surface area contributed by atoms with E-state index < -0.39 is 0 Å². The van der Waals surface area contributed by atoms with Crippen molar-refractivity contribution >= 4 is 39.1 Å². The number of nitrogens with one attached hydrogen (secondary N) is 1. The Balaban J connectivity index is 1.26. The molecule has 0 aliphatic heterocycles. The van der Waals surface area contributed by atoms with Gasteiger partial charge in [0.15, 0.2) is 0 Å². The van der Waals surface area contributed by atoms with Gasteiger partial charge in [0, 0.05) is 29.6 Å². The van der Waals surface area contributed by atoms with Gasteiger partial charge < -0.3 is 5.32 Å². The Morgan fingerprint density at radius 2 is 1.97 bits per heavy atom. The maximum atomic E-state index is 12.5. The molecule has 4 aromatic heterocycles. The maximum absolute atomic E-state index is 12.5. The number of aryl methyl sites for hydroxylation is 2. The van der Waals surface area contributed by atoms with Crippen molar-refractivity contribution in [3.8, 4) is 10.6 Å². The molecule has 4 heterocycles. The number of nitrogens with zero attached hydrogens (tertiary/aromatic N) is 6. The van der Waals surface area contributed by atoms with Crippen LogP contribution in [0, 0.1) is 13.8 Å². The predicted molar refractivity (Wildman–Crippen MR) is 120 cm³/mol. The minimum absolute atomic E-state index is 0.0993. The molecule has 0 aliphatic rings. The summed E-state index contributed by atoms with van der Waals surface area (Å²) >= 11 is 1.62. The van der Waals surface area contributed by atoms with Crippen LogP contribution >= 0.6 is 11.3 Å². The van der Waals surface area contributed by atoms with Gasteiger partial charge in [0.05, 0.1) is 10.2 Å². The number of hydrogen-bond acceptors (Lipinski definition) is 7. The number of para-hydroxylation sites is 1. The van der Waals surface area contributed by atoms with Gasteiger partial charge in [-0.3, -0.25) is 4.79 Å². The molecule has 0 atom stereocenters. The highest BCUT2D eigenvalue weighted by molar-refractivity contribution is 7.21. The highest BCUT2D eigenvalue weighted by Crippen LogP contribution is 2.29. The standard InChI is InChI=1S/C22H19N7OS/c1-13-16(14(2)29-22(26-13)24-12-25-29)8-10-20(30)28-19-9-7-15(11-23-19)21-27-17-5-3-4-6-18(17)31-21/h3-7,9,11-12H,8,10H2,1-2H3,(H,23,28,30). The summed E-state index contributed by atoms with van der Waals surface area (Å²) in [6, 6.07) is 11.8. The van der Waals surface area contributed by atoms with E-state index in [1.807, 2.05) is 38.1 Å². The van der Waals surface area contributed by atoms with E-state index in [2.05, 4.69) is 36.4 Å². The first-order chi connectivity index (χ1) is 15.1. The van der Waals surface area contributed by atoms with E-state index in [1.165, 1.54) is 6.33 Å². The van der Waals surface area contributed by atoms with E-state index >= 15 is 0 Å². The first kappa shape index (κ1) is 19.3. The van der Waals surface area contributed by atoms with Crippen molar-refractivity contribution in [2.24, 2.45) is 0 Å². The number of thiazole rings is 1. The van der Waals surface area contributed by atoms with Crippen LogP contribution in [0.15, 0.2) is 48.9 Å². The number of pyridine rings is 1. The minimum atomic E-state index is -0.0993. The molecule has 5 rings (SSSR count). The van der Waals surface area contributed by atoms with Crippen molar-refractivity contribution in [3.63, 3.8) is 0 Å². The zero-order valence-electron chi connectivity index (χ0n) is 17.0. The lowest BCUT2D eigenvalue weighted by Gasteiger charge is -2.10. The first-order valence-corrected chi connectivity index (χ1v) is 10.7. The normalized spacial score (nSPS) is 11.3. The number of benzene rings is 1. The summed E-state index contributed by atoms with van der Waals surface area (Å²) in [4.78, 5) is 30.1. The van der Waals surface area contributed by atoms with Crippen LogP contribution < -0.4 is 5.32 Å². The van der Waals surface area contributed by atoms with Crippen LogP contribution in [0.2, 0.25) is 0 Å². The highest BCUT2D eigenvalue weighted by atomic mass is 32.1. The molecule has 1 amide bonds. The molecule has 0 saturated carbocycles. The van der Waals surface area contributed by atoms with Crippen LogP contribution in [0.4, 0.5) is 5.82 Å². The van der Waals surface area contributed by atoms with Crippen molar-refractivity contribution in [2.45, 2.75) is 26.7 Å². The van der Waals surface area contributed by atoms with Crippen LogP contribution in [0.1, 0.15) is 23.4 Å². The zero-order valence-corrected chi connectivity index (χ0v) is 17.8. The number of aromatic nitrogens is 6. The van der Waals surface area contributed by atoms with E-state index in [9.17, 15) is 4.79 Å². The van der Waals surface area contributed by atoms with Crippen LogP contribution in [0.3, 0.4) is 0 Å². The molecule has 8 nitrogen and oxygen atoms in total. The largest absolute Gasteiger partial charge is 0.311 e. The average molecular weight is 430 g/mol. The van der Waals surface area contributed by atoms with Crippen LogP contribution in [-0.2, 0) is 11.2 Å². The number of anilines is 1. The van der Waals surface area contributed by atoms with Gasteiger partial charge in [0.1, 0.15) is 17.2 Å². The molecule has 1 N–H and O–H groups in total. The molecule has 0 unspecified atom stereocenters. The van der Waals surface area contributed by atoms with E-state index in [4.69, 9.17) is 0 Å². The third-order valence-corrected chi connectivity index (χ3v) is 6.25. The lowest BCUT2D eigenvalue weighted by Crippen LogP contribution is -2.15. The molecular formula is C22H19N7OS. The van der Waals surface area contributed by atoms with Crippen molar-refractivity contribution in [1.29, 1.82) is 0 Å². The quantitative estimate of drug-likeness (QED) is 0.454. The summed E-state index contributed by atoms with van der Waals surface area (Å²) in [5, 5.41) is 7.97. The number of amides is 1. The summed E-state index contributed by atoms with van der Waals surface area (Å²) in [5.41, 5.74) is 4.73. The second-order valence-corrected chi connectivity index (χ2v) is 8.23. The molecule has 31 heavy (non-hydrogen) atoms.